The molecule has 1 N–H and O–H groups in total. The van der Waals surface area contributed by atoms with Crippen LogP contribution in [0.1, 0.15) is 36.4 Å². The Labute approximate surface area is 204 Å². The van der Waals surface area contributed by atoms with Crippen molar-refractivity contribution < 1.29 is 28.9 Å². The number of carboxylic acid groups (broad SMARTS) is 1. The third-order valence-corrected chi connectivity index (χ3v) is 5.39. The Bertz CT molecular complexity index is 1080. The minimum absolute atomic E-state index is 0.0754. The van der Waals surface area contributed by atoms with E-state index < -0.39 is 23.6 Å². The van der Waals surface area contributed by atoms with Crippen molar-refractivity contribution in [3.05, 3.63) is 89.2 Å². The Morgan fingerprint density at radius 1 is 0.886 bits per heavy atom. The van der Waals surface area contributed by atoms with Gasteiger partial charge in [0.05, 0.1) is 6.61 Å². The zero-order valence-corrected chi connectivity index (χ0v) is 20.3. The summed E-state index contributed by atoms with van der Waals surface area (Å²) in [5, 5.41) is 10.4. The highest BCUT2D eigenvalue weighted by molar-refractivity contribution is 5.77. The van der Waals surface area contributed by atoms with E-state index in [2.05, 4.69) is 9.97 Å². The largest absolute Gasteiger partial charge is 0.508 e. The van der Waals surface area contributed by atoms with Gasteiger partial charge in [-0.15, -0.1) is 0 Å². The highest BCUT2D eigenvalue weighted by atomic mass is 16.7. The standard InChI is InChI=1S/C27H30N2O6/c1-18(2)16-33-26(32)34-17-27(21-11-7-5-8-12-21,22-13-9-6-10-14-22)23(24(30)31)35-25-28-19(3)15-20(4)29-25/h5-15,18,23H,16-17H2,1-4H3,(H,30,31). The van der Waals surface area contributed by atoms with Crippen molar-refractivity contribution in [2.24, 2.45) is 5.92 Å². The van der Waals surface area contributed by atoms with Crippen molar-refractivity contribution >= 4 is 12.1 Å². The monoisotopic (exact) mass is 478 g/mol. The molecule has 3 aromatic rings. The number of benzene rings is 2. The summed E-state index contributed by atoms with van der Waals surface area (Å²) in [5.74, 6) is -1.15. The number of carbonyl (C=O) groups is 2. The third kappa shape index (κ3) is 6.35. The predicted octanol–water partition coefficient (Wildman–Crippen LogP) is 4.72. The van der Waals surface area contributed by atoms with E-state index in [9.17, 15) is 14.7 Å². The molecule has 0 spiro atoms. The predicted molar refractivity (Wildman–Crippen MR) is 129 cm³/mol. The molecule has 1 unspecified atom stereocenters. The first-order valence-electron chi connectivity index (χ1n) is 11.3. The molecule has 0 aliphatic heterocycles. The van der Waals surface area contributed by atoms with Crippen LogP contribution in [0.3, 0.4) is 0 Å². The number of aryl methyl sites for hydroxylation is 2. The Hall–Kier alpha value is -3.94. The summed E-state index contributed by atoms with van der Waals surface area (Å²) in [6.45, 7) is 7.18. The molecule has 0 radical (unpaired) electrons. The Balaban J connectivity index is 2.14. The van der Waals surface area contributed by atoms with E-state index in [4.69, 9.17) is 14.2 Å². The minimum Gasteiger partial charge on any atom is -0.478 e. The van der Waals surface area contributed by atoms with Gasteiger partial charge in [-0.2, -0.15) is 0 Å². The van der Waals surface area contributed by atoms with E-state index in [1.807, 2.05) is 26.0 Å². The first-order chi connectivity index (χ1) is 16.7. The van der Waals surface area contributed by atoms with Crippen LogP contribution in [-0.2, 0) is 19.7 Å². The fourth-order valence-electron chi connectivity index (χ4n) is 3.85. The van der Waals surface area contributed by atoms with Gasteiger partial charge in [-0.05, 0) is 37.0 Å². The molecule has 35 heavy (non-hydrogen) atoms. The molecule has 8 nitrogen and oxygen atoms in total. The smallest absolute Gasteiger partial charge is 0.478 e. The average Bonchev–Trinajstić information content (AvgIpc) is 2.83. The molecule has 1 atom stereocenters. The van der Waals surface area contributed by atoms with Gasteiger partial charge in [-0.25, -0.2) is 19.6 Å². The van der Waals surface area contributed by atoms with Gasteiger partial charge < -0.3 is 19.3 Å². The summed E-state index contributed by atoms with van der Waals surface area (Å²) >= 11 is 0. The number of carbonyl (C=O) groups excluding carboxylic acids is 1. The van der Waals surface area contributed by atoms with Crippen LogP contribution in [0.25, 0.3) is 0 Å². The van der Waals surface area contributed by atoms with Crippen molar-refractivity contribution in [1.82, 2.24) is 9.97 Å². The molecule has 1 aromatic heterocycles. The number of ether oxygens (including phenoxy) is 3. The summed E-state index contributed by atoms with van der Waals surface area (Å²) in [6.07, 6.45) is -2.42. The molecule has 0 aliphatic rings. The second kappa shape index (κ2) is 11.5. The Kier molecular flexibility index (Phi) is 8.41. The van der Waals surface area contributed by atoms with Crippen LogP contribution < -0.4 is 4.74 Å². The highest BCUT2D eigenvalue weighted by Gasteiger charge is 2.50. The van der Waals surface area contributed by atoms with Crippen molar-refractivity contribution in [3.63, 3.8) is 0 Å². The molecule has 3 rings (SSSR count). The van der Waals surface area contributed by atoms with Crippen LogP contribution in [0.2, 0.25) is 0 Å². The quantitative estimate of drug-likeness (QED) is 0.417. The van der Waals surface area contributed by atoms with Crippen molar-refractivity contribution in [2.75, 3.05) is 13.2 Å². The van der Waals surface area contributed by atoms with Gasteiger partial charge in [0.2, 0.25) is 6.10 Å². The number of aromatic nitrogens is 2. The molecule has 1 heterocycles. The molecular formula is C27H30N2O6. The molecule has 0 fully saturated rings. The molecule has 0 bridgehead atoms. The SMILES string of the molecule is Cc1cc(C)nc(OC(C(=O)O)C(COC(=O)OCC(C)C)(c2ccccc2)c2ccccc2)n1. The molecule has 8 heteroatoms. The number of carboxylic acids is 1. The number of rotatable bonds is 10. The van der Waals surface area contributed by atoms with Gasteiger partial charge in [0.25, 0.3) is 0 Å². The first kappa shape index (κ1) is 25.7. The lowest BCUT2D eigenvalue weighted by molar-refractivity contribution is -0.149. The van der Waals surface area contributed by atoms with Gasteiger partial charge in [0.15, 0.2) is 0 Å². The Morgan fingerprint density at radius 2 is 1.40 bits per heavy atom. The Morgan fingerprint density at radius 3 is 1.86 bits per heavy atom. The fourth-order valence-corrected chi connectivity index (χ4v) is 3.85. The summed E-state index contributed by atoms with van der Waals surface area (Å²) in [6, 6.07) is 19.6. The maximum absolute atomic E-state index is 12.8. The summed E-state index contributed by atoms with van der Waals surface area (Å²) in [5.41, 5.74) is 0.997. The summed E-state index contributed by atoms with van der Waals surface area (Å²) in [4.78, 5) is 33.8. The van der Waals surface area contributed by atoms with Crippen molar-refractivity contribution in [1.29, 1.82) is 0 Å². The average molecular weight is 479 g/mol. The molecule has 2 aromatic carbocycles. The number of hydrogen-bond donors (Lipinski definition) is 1. The van der Waals surface area contributed by atoms with Crippen molar-refractivity contribution in [3.8, 4) is 6.01 Å². The fraction of sp³-hybridized carbons (Fsp3) is 0.333. The van der Waals surface area contributed by atoms with Crippen LogP contribution in [0, 0.1) is 19.8 Å². The van der Waals surface area contributed by atoms with E-state index >= 15 is 0 Å². The molecule has 0 saturated carbocycles. The zero-order valence-electron chi connectivity index (χ0n) is 20.3. The normalized spacial score (nSPS) is 12.1. The van der Waals surface area contributed by atoms with Gasteiger partial charge >= 0.3 is 18.1 Å². The lowest BCUT2D eigenvalue weighted by Crippen LogP contribution is -2.52. The van der Waals surface area contributed by atoms with Crippen LogP contribution in [0.5, 0.6) is 6.01 Å². The van der Waals surface area contributed by atoms with Gasteiger partial charge in [0.1, 0.15) is 12.0 Å². The molecule has 184 valence electrons. The minimum atomic E-state index is -1.54. The van der Waals surface area contributed by atoms with Crippen molar-refractivity contribution in [2.45, 2.75) is 39.2 Å². The second-order valence-electron chi connectivity index (χ2n) is 8.72. The molecular weight excluding hydrogens is 448 g/mol. The third-order valence-electron chi connectivity index (χ3n) is 5.39. The highest BCUT2D eigenvalue weighted by Crippen LogP contribution is 2.38. The molecule has 0 saturated heterocycles. The van der Waals surface area contributed by atoms with Crippen LogP contribution in [-0.4, -0.2) is 46.5 Å². The number of nitrogens with zero attached hydrogens (tertiary/aromatic N) is 2. The lowest BCUT2D eigenvalue weighted by atomic mass is 9.70. The second-order valence-corrected chi connectivity index (χ2v) is 8.72. The number of aliphatic carboxylic acids is 1. The molecule has 0 aliphatic carbocycles. The van der Waals surface area contributed by atoms with Gasteiger partial charge in [-0.3, -0.25) is 0 Å². The maximum Gasteiger partial charge on any atom is 0.508 e. The number of hydrogen-bond acceptors (Lipinski definition) is 7. The van der Waals surface area contributed by atoms with Crippen LogP contribution in [0.15, 0.2) is 66.7 Å². The molecule has 0 amide bonds. The first-order valence-corrected chi connectivity index (χ1v) is 11.3. The lowest BCUT2D eigenvalue weighted by Gasteiger charge is -2.38. The van der Waals surface area contributed by atoms with Gasteiger partial charge in [-0.1, -0.05) is 74.5 Å². The van der Waals surface area contributed by atoms with E-state index in [1.54, 1.807) is 68.4 Å². The van der Waals surface area contributed by atoms with Crippen LogP contribution in [0.4, 0.5) is 4.79 Å². The zero-order chi connectivity index (χ0) is 25.4. The summed E-state index contributed by atoms with van der Waals surface area (Å²) in [7, 11) is 0. The van der Waals surface area contributed by atoms with Gasteiger partial charge in [0, 0.05) is 11.4 Å². The van der Waals surface area contributed by atoms with Crippen LogP contribution >= 0.6 is 0 Å². The van der Waals surface area contributed by atoms with E-state index in [0.717, 1.165) is 0 Å². The van der Waals surface area contributed by atoms with E-state index in [-0.39, 0.29) is 25.1 Å². The summed E-state index contributed by atoms with van der Waals surface area (Å²) < 4.78 is 16.7. The maximum atomic E-state index is 12.8. The van der Waals surface area contributed by atoms with E-state index in [0.29, 0.717) is 22.5 Å². The topological polar surface area (TPSA) is 108 Å². The van der Waals surface area contributed by atoms with E-state index in [1.165, 1.54) is 0 Å².